The van der Waals surface area contributed by atoms with E-state index in [4.69, 9.17) is 5.73 Å². The lowest BCUT2D eigenvalue weighted by Gasteiger charge is -2.35. The van der Waals surface area contributed by atoms with Crippen molar-refractivity contribution >= 4 is 11.4 Å². The Hall–Kier alpha value is -1.59. The van der Waals surface area contributed by atoms with Crippen molar-refractivity contribution in [3.63, 3.8) is 0 Å². The fourth-order valence-corrected chi connectivity index (χ4v) is 2.64. The highest BCUT2D eigenvalue weighted by Crippen LogP contribution is 2.37. The summed E-state index contributed by atoms with van der Waals surface area (Å²) in [5.74, 6) is -1.37. The van der Waals surface area contributed by atoms with E-state index in [-0.39, 0.29) is 11.7 Å². The zero-order chi connectivity index (χ0) is 15.6. The van der Waals surface area contributed by atoms with Gasteiger partial charge in [-0.05, 0) is 31.1 Å². The predicted molar refractivity (Wildman–Crippen MR) is 77.1 cm³/mol. The summed E-state index contributed by atoms with van der Waals surface area (Å²) >= 11 is 0. The fraction of sp³-hybridized carbons (Fsp3) is 0.600. The number of nitrogens with one attached hydrogen (secondary N) is 1. The van der Waals surface area contributed by atoms with Crippen LogP contribution in [0.1, 0.15) is 39.5 Å². The van der Waals surface area contributed by atoms with E-state index in [1.54, 1.807) is 0 Å². The molecule has 1 aromatic rings. The number of rotatable bonds is 4. The normalized spacial score (nSPS) is 18.8. The van der Waals surface area contributed by atoms with Crippen LogP contribution in [0.3, 0.4) is 0 Å². The van der Waals surface area contributed by atoms with E-state index in [2.05, 4.69) is 23.9 Å². The average molecular weight is 302 g/mol. The zero-order valence-corrected chi connectivity index (χ0v) is 12.3. The molecule has 0 spiro atoms. The average Bonchev–Trinajstić information content (AvgIpc) is 2.37. The van der Waals surface area contributed by atoms with Crippen molar-refractivity contribution in [1.82, 2.24) is 0 Å². The molecule has 3 nitrogen and oxygen atoms in total. The van der Waals surface area contributed by atoms with Crippen LogP contribution < -0.4 is 15.8 Å². The highest BCUT2D eigenvalue weighted by atomic mass is 19.3. The summed E-state index contributed by atoms with van der Waals surface area (Å²) in [6.45, 7) is 1.39. The van der Waals surface area contributed by atoms with Crippen LogP contribution in [0.15, 0.2) is 12.1 Å². The quantitative estimate of drug-likeness (QED) is 0.811. The maximum atomic E-state index is 13.5. The Morgan fingerprint density at radius 1 is 1.29 bits per heavy atom. The molecule has 21 heavy (non-hydrogen) atoms. The Balaban J connectivity index is 2.09. The second kappa shape index (κ2) is 6.03. The number of nitrogen functional groups attached to an aromatic ring is 1. The molecule has 0 aromatic heterocycles. The highest BCUT2D eigenvalue weighted by molar-refractivity contribution is 5.69. The van der Waals surface area contributed by atoms with E-state index >= 15 is 0 Å². The van der Waals surface area contributed by atoms with Crippen LogP contribution in [0.25, 0.3) is 0 Å². The molecule has 0 bridgehead atoms. The third-order valence-electron chi connectivity index (χ3n) is 4.02. The number of hydrogen-bond acceptors (Lipinski definition) is 3. The van der Waals surface area contributed by atoms with Gasteiger partial charge >= 0.3 is 6.61 Å². The molecule has 1 aliphatic carbocycles. The molecule has 1 aliphatic rings. The molecule has 0 aliphatic heterocycles. The molecule has 0 radical (unpaired) electrons. The van der Waals surface area contributed by atoms with Crippen LogP contribution in [0.2, 0.25) is 0 Å². The third kappa shape index (κ3) is 4.19. The molecular weight excluding hydrogens is 281 g/mol. The van der Waals surface area contributed by atoms with Gasteiger partial charge in [-0.3, -0.25) is 0 Å². The van der Waals surface area contributed by atoms with Gasteiger partial charge in [0.05, 0.1) is 11.4 Å². The Kier molecular flexibility index (Phi) is 4.54. The summed E-state index contributed by atoms with van der Waals surface area (Å²) in [5, 5.41) is 3.21. The molecule has 6 heteroatoms. The van der Waals surface area contributed by atoms with Crippen molar-refractivity contribution in [2.24, 2.45) is 5.41 Å². The lowest BCUT2D eigenvalue weighted by Crippen LogP contribution is -2.30. The highest BCUT2D eigenvalue weighted by Gasteiger charge is 2.27. The Morgan fingerprint density at radius 3 is 2.48 bits per heavy atom. The van der Waals surface area contributed by atoms with Crippen LogP contribution in [-0.2, 0) is 0 Å². The van der Waals surface area contributed by atoms with Crippen molar-refractivity contribution in [2.45, 2.75) is 52.2 Å². The van der Waals surface area contributed by atoms with Gasteiger partial charge in [-0.15, -0.1) is 0 Å². The molecule has 0 unspecified atom stereocenters. The maximum absolute atomic E-state index is 13.5. The molecule has 0 heterocycles. The predicted octanol–water partition coefficient (Wildman–Crippen LogP) is 4.39. The van der Waals surface area contributed by atoms with Crippen molar-refractivity contribution in [2.75, 3.05) is 11.1 Å². The molecule has 2 rings (SSSR count). The lowest BCUT2D eigenvalue weighted by atomic mass is 9.75. The summed E-state index contributed by atoms with van der Waals surface area (Å²) in [7, 11) is 0. The summed E-state index contributed by atoms with van der Waals surface area (Å²) in [6, 6.07) is 2.42. The Morgan fingerprint density at radius 2 is 1.90 bits per heavy atom. The number of nitrogens with two attached hydrogens (primary N) is 1. The number of anilines is 2. The second-order valence-electron chi connectivity index (χ2n) is 6.33. The van der Waals surface area contributed by atoms with Crippen molar-refractivity contribution in [1.29, 1.82) is 0 Å². The Bertz CT molecular complexity index is 496. The number of hydrogen-bond donors (Lipinski definition) is 2. The third-order valence-corrected chi connectivity index (χ3v) is 4.02. The largest absolute Gasteiger partial charge is 0.432 e. The lowest BCUT2D eigenvalue weighted by molar-refractivity contribution is -0.0521. The number of halogens is 3. The molecule has 118 valence electrons. The topological polar surface area (TPSA) is 47.3 Å². The molecule has 1 fully saturated rings. The molecule has 1 saturated carbocycles. The number of alkyl halides is 2. The SMILES string of the molecule is CC1(C)CCC(Nc2cc(OC(F)F)c(F)cc2N)CC1. The Labute approximate surface area is 122 Å². The van der Waals surface area contributed by atoms with Crippen LogP contribution in [-0.4, -0.2) is 12.7 Å². The van der Waals surface area contributed by atoms with Crippen LogP contribution in [0, 0.1) is 11.2 Å². The van der Waals surface area contributed by atoms with Gasteiger partial charge in [0.15, 0.2) is 11.6 Å². The first kappa shape index (κ1) is 15.8. The molecule has 0 amide bonds. The van der Waals surface area contributed by atoms with Crippen molar-refractivity contribution in [3.8, 4) is 5.75 Å². The van der Waals surface area contributed by atoms with E-state index in [1.807, 2.05) is 0 Å². The number of ether oxygens (including phenoxy) is 1. The minimum absolute atomic E-state index is 0.193. The number of benzene rings is 1. The van der Waals surface area contributed by atoms with E-state index in [1.165, 1.54) is 6.07 Å². The van der Waals surface area contributed by atoms with Gasteiger partial charge < -0.3 is 15.8 Å². The van der Waals surface area contributed by atoms with Gasteiger partial charge in [-0.1, -0.05) is 13.8 Å². The summed E-state index contributed by atoms with van der Waals surface area (Å²) in [6.07, 6.45) is 4.09. The van der Waals surface area contributed by atoms with Gasteiger partial charge in [0, 0.05) is 18.2 Å². The molecule has 0 atom stereocenters. The van der Waals surface area contributed by atoms with Gasteiger partial charge in [-0.25, -0.2) is 4.39 Å². The summed E-state index contributed by atoms with van der Waals surface area (Å²) in [4.78, 5) is 0. The first-order valence-corrected chi connectivity index (χ1v) is 7.07. The van der Waals surface area contributed by atoms with Gasteiger partial charge in [-0.2, -0.15) is 8.78 Å². The first-order chi connectivity index (χ1) is 9.77. The minimum Gasteiger partial charge on any atom is -0.432 e. The first-order valence-electron chi connectivity index (χ1n) is 7.07. The standard InChI is InChI=1S/C15H21F3N2O/c1-15(2)5-3-9(4-6-15)20-12-8-13(21-14(17)18)10(16)7-11(12)19/h7-9,14,20H,3-6,19H2,1-2H3. The fourth-order valence-electron chi connectivity index (χ4n) is 2.64. The van der Waals surface area contributed by atoms with Crippen LogP contribution >= 0.6 is 0 Å². The van der Waals surface area contributed by atoms with Gasteiger partial charge in [0.2, 0.25) is 0 Å². The monoisotopic (exact) mass is 302 g/mol. The zero-order valence-electron chi connectivity index (χ0n) is 12.3. The molecule has 3 N–H and O–H groups in total. The minimum atomic E-state index is -3.06. The van der Waals surface area contributed by atoms with Crippen molar-refractivity contribution in [3.05, 3.63) is 17.9 Å². The maximum Gasteiger partial charge on any atom is 0.387 e. The summed E-state index contributed by atoms with van der Waals surface area (Å²) in [5.41, 5.74) is 6.71. The van der Waals surface area contributed by atoms with Crippen LogP contribution in [0.5, 0.6) is 5.75 Å². The van der Waals surface area contributed by atoms with E-state index in [0.29, 0.717) is 11.1 Å². The molecule has 1 aromatic carbocycles. The van der Waals surface area contributed by atoms with Crippen molar-refractivity contribution < 1.29 is 17.9 Å². The van der Waals surface area contributed by atoms with Gasteiger partial charge in [0.25, 0.3) is 0 Å². The van der Waals surface area contributed by atoms with E-state index in [9.17, 15) is 13.2 Å². The van der Waals surface area contributed by atoms with Crippen LogP contribution in [0.4, 0.5) is 24.5 Å². The molecule has 0 saturated heterocycles. The molecular formula is C15H21F3N2O. The van der Waals surface area contributed by atoms with E-state index < -0.39 is 18.2 Å². The van der Waals surface area contributed by atoms with Gasteiger partial charge in [0.1, 0.15) is 0 Å². The van der Waals surface area contributed by atoms with E-state index in [0.717, 1.165) is 31.7 Å². The smallest absolute Gasteiger partial charge is 0.387 e. The second-order valence-corrected chi connectivity index (χ2v) is 6.33. The summed E-state index contributed by atoms with van der Waals surface area (Å²) < 4.78 is 42.1.